The topological polar surface area (TPSA) is 58.0 Å². The van der Waals surface area contributed by atoms with Crippen LogP contribution in [0.15, 0.2) is 10.7 Å². The van der Waals surface area contributed by atoms with Crippen molar-refractivity contribution in [2.45, 2.75) is 37.7 Å². The number of hydrogen-bond acceptors (Lipinski definition) is 4. The fraction of sp³-hybridized carbons (Fsp3) is 0.667. The molecule has 2 saturated carbocycles. The molecule has 0 spiro atoms. The van der Waals surface area contributed by atoms with Gasteiger partial charge in [-0.1, -0.05) is 0 Å². The summed E-state index contributed by atoms with van der Waals surface area (Å²) < 4.78 is 0.852. The molecule has 0 aliphatic heterocycles. The van der Waals surface area contributed by atoms with E-state index < -0.39 is 0 Å². The van der Waals surface area contributed by atoms with Crippen molar-refractivity contribution < 1.29 is 5.11 Å². The van der Waals surface area contributed by atoms with Crippen LogP contribution in [0.5, 0.6) is 0 Å². The molecule has 1 aromatic heterocycles. The Hall–Kier alpha value is -0.680. The molecule has 2 fully saturated rings. The van der Waals surface area contributed by atoms with Crippen molar-refractivity contribution in [1.29, 1.82) is 0 Å². The van der Waals surface area contributed by atoms with Gasteiger partial charge in [0.1, 0.15) is 16.2 Å². The first-order valence-electron chi connectivity index (χ1n) is 6.17. The molecule has 4 nitrogen and oxygen atoms in total. The normalized spacial score (nSPS) is 27.6. The molecule has 5 heteroatoms. The van der Waals surface area contributed by atoms with Crippen LogP contribution < -0.4 is 5.32 Å². The van der Waals surface area contributed by atoms with E-state index >= 15 is 0 Å². The third kappa shape index (κ3) is 2.77. The number of aliphatic hydroxyl groups is 1. The Morgan fingerprint density at radius 1 is 1.35 bits per heavy atom. The lowest BCUT2D eigenvalue weighted by Crippen LogP contribution is -2.33. The van der Waals surface area contributed by atoms with Gasteiger partial charge < -0.3 is 10.4 Å². The van der Waals surface area contributed by atoms with Crippen molar-refractivity contribution in [2.24, 2.45) is 5.92 Å². The Bertz CT molecular complexity index is 416. The molecule has 2 N–H and O–H groups in total. The first kappa shape index (κ1) is 11.4. The van der Waals surface area contributed by atoms with Crippen LogP contribution in [0.2, 0.25) is 0 Å². The number of aromatic nitrogens is 2. The number of hydrogen-bond donors (Lipinski definition) is 2. The van der Waals surface area contributed by atoms with Gasteiger partial charge in [-0.3, -0.25) is 0 Å². The average Bonchev–Trinajstić information content (AvgIpc) is 3.05. The molecule has 2 aliphatic carbocycles. The van der Waals surface area contributed by atoms with Gasteiger partial charge in [-0.05, 0) is 47.5 Å². The van der Waals surface area contributed by atoms with E-state index in [0.717, 1.165) is 35.6 Å². The van der Waals surface area contributed by atoms with E-state index in [-0.39, 0.29) is 6.10 Å². The zero-order chi connectivity index (χ0) is 11.8. The lowest BCUT2D eigenvalue weighted by molar-refractivity contribution is 0.0486. The lowest BCUT2D eigenvalue weighted by atomic mass is 9.82. The van der Waals surface area contributed by atoms with Crippen molar-refractivity contribution in [3.8, 4) is 0 Å². The van der Waals surface area contributed by atoms with Gasteiger partial charge >= 0.3 is 0 Å². The highest BCUT2D eigenvalue weighted by Gasteiger charge is 2.28. The van der Waals surface area contributed by atoms with Crippen LogP contribution in [0.25, 0.3) is 0 Å². The molecular formula is C12H16BrN3O. The molecule has 1 heterocycles. The van der Waals surface area contributed by atoms with E-state index in [2.05, 4.69) is 31.2 Å². The van der Waals surface area contributed by atoms with Gasteiger partial charge in [-0.15, -0.1) is 0 Å². The van der Waals surface area contributed by atoms with Crippen molar-refractivity contribution >= 4 is 21.7 Å². The summed E-state index contributed by atoms with van der Waals surface area (Å²) in [4.78, 5) is 8.92. The van der Waals surface area contributed by atoms with Crippen LogP contribution >= 0.6 is 15.9 Å². The van der Waals surface area contributed by atoms with E-state index in [1.807, 2.05) is 6.07 Å². The summed E-state index contributed by atoms with van der Waals surface area (Å²) in [5, 5.41) is 12.6. The maximum atomic E-state index is 9.22. The molecule has 0 saturated heterocycles. The fourth-order valence-corrected chi connectivity index (χ4v) is 2.56. The van der Waals surface area contributed by atoms with Crippen LogP contribution in [0.1, 0.15) is 37.4 Å². The Kier molecular flexibility index (Phi) is 3.04. The molecule has 17 heavy (non-hydrogen) atoms. The number of aliphatic hydroxyl groups excluding tert-OH is 1. The minimum absolute atomic E-state index is 0.0824. The maximum Gasteiger partial charge on any atom is 0.135 e. The first-order chi connectivity index (χ1) is 8.20. The number of nitrogens with zero attached hydrogens (tertiary/aromatic N) is 2. The summed E-state index contributed by atoms with van der Waals surface area (Å²) in [6.07, 6.45) is 4.17. The smallest absolute Gasteiger partial charge is 0.135 e. The van der Waals surface area contributed by atoms with Crippen LogP contribution in [0, 0.1) is 5.92 Å². The first-order valence-corrected chi connectivity index (χ1v) is 6.96. The predicted molar refractivity (Wildman–Crippen MR) is 68.9 cm³/mol. The quantitative estimate of drug-likeness (QED) is 0.837. The molecule has 0 radical (unpaired) electrons. The van der Waals surface area contributed by atoms with Gasteiger partial charge in [0.25, 0.3) is 0 Å². The Morgan fingerprint density at radius 2 is 2.12 bits per heavy atom. The third-order valence-electron chi connectivity index (χ3n) is 3.44. The third-order valence-corrected chi connectivity index (χ3v) is 3.84. The number of rotatable bonds is 4. The average molecular weight is 298 g/mol. The summed E-state index contributed by atoms with van der Waals surface area (Å²) in [6, 6.07) is 1.92. The Morgan fingerprint density at radius 3 is 2.76 bits per heavy atom. The van der Waals surface area contributed by atoms with E-state index in [1.54, 1.807) is 0 Å². The van der Waals surface area contributed by atoms with Crippen LogP contribution in [0.4, 0.5) is 5.82 Å². The van der Waals surface area contributed by atoms with Crippen LogP contribution in [-0.2, 0) is 0 Å². The number of nitrogens with one attached hydrogen (secondary N) is 1. The number of halogens is 1. The Balaban J connectivity index is 1.61. The molecule has 0 atom stereocenters. The van der Waals surface area contributed by atoms with Crippen LogP contribution in [-0.4, -0.2) is 27.7 Å². The van der Waals surface area contributed by atoms with Gasteiger partial charge in [0.05, 0.1) is 6.10 Å². The van der Waals surface area contributed by atoms with Crippen molar-refractivity contribution in [3.63, 3.8) is 0 Å². The van der Waals surface area contributed by atoms with Crippen LogP contribution in [0.3, 0.4) is 0 Å². The van der Waals surface area contributed by atoms with Gasteiger partial charge in [0.2, 0.25) is 0 Å². The Labute approximate surface area is 109 Å². The summed E-state index contributed by atoms with van der Waals surface area (Å²) in [5.74, 6) is 3.01. The highest BCUT2D eigenvalue weighted by atomic mass is 79.9. The molecule has 92 valence electrons. The molecule has 0 unspecified atom stereocenters. The monoisotopic (exact) mass is 297 g/mol. The second-order valence-corrected chi connectivity index (χ2v) is 5.89. The standard InChI is InChI=1S/C12H16BrN3O/c13-10-5-11(14-6-7-3-9(17)4-7)16-12(15-10)8-1-2-8/h5,7-9,17H,1-4,6H2,(H,14,15,16). The predicted octanol–water partition coefficient (Wildman–Crippen LogP) is 2.30. The van der Waals surface area contributed by atoms with Gasteiger partial charge in [0, 0.05) is 18.5 Å². The second kappa shape index (κ2) is 4.53. The molecule has 2 aliphatic rings. The van der Waals surface area contributed by atoms with Gasteiger partial charge in [-0.2, -0.15) is 0 Å². The van der Waals surface area contributed by atoms with Crippen molar-refractivity contribution in [2.75, 3.05) is 11.9 Å². The zero-order valence-corrected chi connectivity index (χ0v) is 11.2. The summed E-state index contributed by atoms with van der Waals surface area (Å²) in [6.45, 7) is 0.893. The molecule has 0 aromatic carbocycles. The highest BCUT2D eigenvalue weighted by molar-refractivity contribution is 9.10. The minimum atomic E-state index is -0.0824. The highest BCUT2D eigenvalue weighted by Crippen LogP contribution is 2.38. The fourth-order valence-electron chi connectivity index (χ4n) is 2.17. The second-order valence-electron chi connectivity index (χ2n) is 5.08. The molecule has 1 aromatic rings. The van der Waals surface area contributed by atoms with Gasteiger partial charge in [0.15, 0.2) is 0 Å². The SMILES string of the molecule is OC1CC(CNc2cc(Br)nc(C3CC3)n2)C1. The minimum Gasteiger partial charge on any atom is -0.393 e. The molecule has 0 amide bonds. The largest absolute Gasteiger partial charge is 0.393 e. The van der Waals surface area contributed by atoms with Gasteiger partial charge in [-0.25, -0.2) is 9.97 Å². The van der Waals surface area contributed by atoms with E-state index in [1.165, 1.54) is 12.8 Å². The molecular weight excluding hydrogens is 282 g/mol. The van der Waals surface area contributed by atoms with Crippen molar-refractivity contribution in [3.05, 3.63) is 16.5 Å². The van der Waals surface area contributed by atoms with E-state index in [0.29, 0.717) is 11.8 Å². The molecule has 3 rings (SSSR count). The summed E-state index contributed by atoms with van der Waals surface area (Å²) in [5.41, 5.74) is 0. The molecule has 0 bridgehead atoms. The maximum absolute atomic E-state index is 9.22. The summed E-state index contributed by atoms with van der Waals surface area (Å²) >= 11 is 3.43. The van der Waals surface area contributed by atoms with E-state index in [9.17, 15) is 5.11 Å². The summed E-state index contributed by atoms with van der Waals surface area (Å²) in [7, 11) is 0. The van der Waals surface area contributed by atoms with Crippen molar-refractivity contribution in [1.82, 2.24) is 9.97 Å². The zero-order valence-electron chi connectivity index (χ0n) is 9.56. The van der Waals surface area contributed by atoms with E-state index in [4.69, 9.17) is 0 Å². The number of anilines is 1. The lowest BCUT2D eigenvalue weighted by Gasteiger charge is -2.31.